The molecule has 143 valence electrons. The van der Waals surface area contributed by atoms with Crippen LogP contribution in [0.2, 0.25) is 0 Å². The summed E-state index contributed by atoms with van der Waals surface area (Å²) in [4.78, 5) is 0. The second-order valence-electron chi connectivity index (χ2n) is 5.81. The zero-order valence-electron chi connectivity index (χ0n) is 14.4. The van der Waals surface area contributed by atoms with Gasteiger partial charge >= 0.3 is 6.11 Å². The smallest absolute Gasteiger partial charge is 0.430 e. The van der Waals surface area contributed by atoms with Gasteiger partial charge in [-0.25, -0.2) is 17.6 Å². The predicted octanol–water partition coefficient (Wildman–Crippen LogP) is 6.14. The van der Waals surface area contributed by atoms with E-state index in [0.717, 1.165) is 17.7 Å². The van der Waals surface area contributed by atoms with Crippen LogP contribution >= 0.6 is 0 Å². The van der Waals surface area contributed by atoms with Gasteiger partial charge in [0.2, 0.25) is 0 Å². The van der Waals surface area contributed by atoms with Crippen LogP contribution in [0, 0.1) is 36.3 Å². The maximum absolute atomic E-state index is 14.3. The SMILES string of the molecule is Cc1ccc(-c2cc(F)c(C(F)(F)Oc3cc(F)[c-]c(F)c3)c(F)c2)cc1.[Y]. The first kappa shape index (κ1) is 22.4. The molecule has 28 heavy (non-hydrogen) atoms. The quantitative estimate of drug-likeness (QED) is 0.329. The number of hydrogen-bond acceptors (Lipinski definition) is 1. The first-order chi connectivity index (χ1) is 12.7. The molecule has 0 aromatic heterocycles. The minimum Gasteiger partial charge on any atom is -0.455 e. The third-order valence-corrected chi connectivity index (χ3v) is 3.74. The molecule has 0 saturated carbocycles. The van der Waals surface area contributed by atoms with Gasteiger partial charge < -0.3 is 4.74 Å². The molecule has 0 spiro atoms. The molecule has 3 rings (SSSR count). The van der Waals surface area contributed by atoms with Crippen molar-refractivity contribution >= 4 is 0 Å². The zero-order chi connectivity index (χ0) is 19.8. The molecule has 3 aromatic carbocycles. The predicted molar refractivity (Wildman–Crippen MR) is 86.2 cm³/mol. The van der Waals surface area contributed by atoms with Crippen LogP contribution in [0.25, 0.3) is 11.1 Å². The van der Waals surface area contributed by atoms with Crippen molar-refractivity contribution in [2.24, 2.45) is 0 Å². The molecule has 0 bridgehead atoms. The molecule has 0 saturated heterocycles. The molecular weight excluding hydrogens is 459 g/mol. The van der Waals surface area contributed by atoms with Gasteiger partial charge in [0.1, 0.15) is 17.2 Å². The van der Waals surface area contributed by atoms with Crippen LogP contribution in [0.3, 0.4) is 0 Å². The fourth-order valence-corrected chi connectivity index (χ4v) is 2.50. The summed E-state index contributed by atoms with van der Waals surface area (Å²) in [7, 11) is 0. The molecule has 1 nitrogen and oxygen atoms in total. The third kappa shape index (κ3) is 4.94. The van der Waals surface area contributed by atoms with E-state index >= 15 is 0 Å². The summed E-state index contributed by atoms with van der Waals surface area (Å²) in [6.07, 6.45) is -4.50. The maximum atomic E-state index is 14.3. The zero-order valence-corrected chi connectivity index (χ0v) is 17.2. The number of benzene rings is 3. The van der Waals surface area contributed by atoms with Gasteiger partial charge in [0.25, 0.3) is 0 Å². The van der Waals surface area contributed by atoms with Gasteiger partial charge in [-0.15, -0.1) is 6.07 Å². The van der Waals surface area contributed by atoms with Gasteiger partial charge in [-0.05, 0) is 30.2 Å². The molecule has 8 heteroatoms. The topological polar surface area (TPSA) is 9.23 Å². The number of alkyl halides is 2. The molecule has 0 aliphatic heterocycles. The summed E-state index contributed by atoms with van der Waals surface area (Å²) in [5.74, 6) is -6.64. The Hall–Kier alpha value is -1.86. The van der Waals surface area contributed by atoms with Gasteiger partial charge in [0.05, 0.1) is 0 Å². The van der Waals surface area contributed by atoms with E-state index in [2.05, 4.69) is 4.74 Å². The van der Waals surface area contributed by atoms with Gasteiger partial charge in [-0.3, -0.25) is 0 Å². The van der Waals surface area contributed by atoms with Crippen LogP contribution in [0.1, 0.15) is 11.1 Å². The van der Waals surface area contributed by atoms with Gasteiger partial charge in [-0.2, -0.15) is 8.78 Å². The third-order valence-electron chi connectivity index (χ3n) is 3.74. The fraction of sp³-hybridized carbons (Fsp3) is 0.100. The Bertz CT molecular complexity index is 945. The first-order valence-electron chi connectivity index (χ1n) is 7.67. The monoisotopic (exact) mass is 470 g/mol. The van der Waals surface area contributed by atoms with E-state index in [9.17, 15) is 26.3 Å². The molecule has 1 radical (unpaired) electrons. The van der Waals surface area contributed by atoms with Gasteiger partial charge in [0.15, 0.2) is 0 Å². The van der Waals surface area contributed by atoms with Crippen LogP contribution in [-0.4, -0.2) is 0 Å². The van der Waals surface area contributed by atoms with Crippen LogP contribution in [0.4, 0.5) is 26.3 Å². The summed E-state index contributed by atoms with van der Waals surface area (Å²) < 4.78 is 87.4. The van der Waals surface area contributed by atoms with E-state index in [4.69, 9.17) is 0 Å². The summed E-state index contributed by atoms with van der Waals surface area (Å²) >= 11 is 0. The van der Waals surface area contributed by atoms with E-state index in [1.807, 2.05) is 6.92 Å². The molecule has 0 fully saturated rings. The van der Waals surface area contributed by atoms with Crippen molar-refractivity contribution in [3.63, 3.8) is 0 Å². The van der Waals surface area contributed by atoms with Crippen molar-refractivity contribution in [1.82, 2.24) is 0 Å². The minimum absolute atomic E-state index is 0. The standard InChI is InChI=1S/C20H11F6O.Y/c1-11-2-4-12(5-3-11)13-6-17(23)19(18(24)7-13)20(25,26)27-16-9-14(21)8-15(22)10-16;/h2-7,9-10H,1H3;/q-1;. The molecule has 0 aliphatic carbocycles. The number of rotatable bonds is 4. The summed E-state index contributed by atoms with van der Waals surface area (Å²) in [5, 5.41) is 0. The minimum atomic E-state index is -4.50. The Labute approximate surface area is 182 Å². The molecular formula is C20H11F6OY-. The van der Waals surface area contributed by atoms with Crippen molar-refractivity contribution < 1.29 is 63.8 Å². The molecule has 0 aliphatic rings. The fourth-order valence-electron chi connectivity index (χ4n) is 2.50. The van der Waals surface area contributed by atoms with Crippen molar-refractivity contribution in [2.75, 3.05) is 0 Å². The molecule has 0 atom stereocenters. The number of aryl methyl sites for hydroxylation is 1. The van der Waals surface area contributed by atoms with E-state index < -0.39 is 40.7 Å². The Morgan fingerprint density at radius 1 is 0.786 bits per heavy atom. The van der Waals surface area contributed by atoms with Crippen molar-refractivity contribution in [3.05, 3.63) is 89.0 Å². The molecule has 0 N–H and O–H groups in total. The van der Waals surface area contributed by atoms with E-state index in [1.165, 1.54) is 0 Å². The maximum Gasteiger partial charge on any atom is 0.430 e. The summed E-state index contributed by atoms with van der Waals surface area (Å²) in [6.45, 7) is 1.82. The molecule has 0 amide bonds. The van der Waals surface area contributed by atoms with E-state index in [-0.39, 0.29) is 38.3 Å². The second kappa shape index (κ2) is 8.66. The average Bonchev–Trinajstić information content (AvgIpc) is 2.52. The van der Waals surface area contributed by atoms with E-state index in [1.54, 1.807) is 30.3 Å². The first-order valence-corrected chi connectivity index (χ1v) is 7.67. The van der Waals surface area contributed by atoms with Crippen LogP contribution in [0.15, 0.2) is 48.5 Å². The Kier molecular flexibility index (Phi) is 6.94. The molecule has 0 unspecified atom stereocenters. The van der Waals surface area contributed by atoms with Crippen LogP contribution in [-0.2, 0) is 38.8 Å². The van der Waals surface area contributed by atoms with Gasteiger partial charge in [0, 0.05) is 50.1 Å². The average molecular weight is 470 g/mol. The summed E-state index contributed by atoms with van der Waals surface area (Å²) in [5.41, 5.74) is -0.268. The Morgan fingerprint density at radius 2 is 1.29 bits per heavy atom. The number of ether oxygens (including phenoxy) is 1. The van der Waals surface area contributed by atoms with Crippen LogP contribution < -0.4 is 4.74 Å². The molecule has 0 heterocycles. The van der Waals surface area contributed by atoms with Gasteiger partial charge in [-0.1, -0.05) is 42.0 Å². The molecule has 3 aromatic rings. The Morgan fingerprint density at radius 3 is 1.79 bits per heavy atom. The number of hydrogen-bond donors (Lipinski definition) is 0. The second-order valence-corrected chi connectivity index (χ2v) is 5.81. The summed E-state index contributed by atoms with van der Waals surface area (Å²) in [6, 6.07) is 10.5. The van der Waals surface area contributed by atoms with Crippen LogP contribution in [0.5, 0.6) is 5.75 Å². The normalized spacial score (nSPS) is 11.1. The van der Waals surface area contributed by atoms with Crippen molar-refractivity contribution in [3.8, 4) is 16.9 Å². The Balaban J connectivity index is 0.00000280. The largest absolute Gasteiger partial charge is 0.455 e. The van der Waals surface area contributed by atoms with Crippen molar-refractivity contribution in [1.29, 1.82) is 0 Å². The number of halogens is 6. The van der Waals surface area contributed by atoms with Crippen molar-refractivity contribution in [2.45, 2.75) is 13.0 Å². The van der Waals surface area contributed by atoms with E-state index in [0.29, 0.717) is 17.7 Å².